The summed E-state index contributed by atoms with van der Waals surface area (Å²) in [7, 11) is 0. The summed E-state index contributed by atoms with van der Waals surface area (Å²) >= 11 is 5.85. The van der Waals surface area contributed by atoms with Crippen LogP contribution in [-0.4, -0.2) is 9.78 Å². The molecule has 0 radical (unpaired) electrons. The molecule has 0 amide bonds. The second-order valence-corrected chi connectivity index (χ2v) is 5.21. The number of benzene rings is 1. The van der Waals surface area contributed by atoms with Gasteiger partial charge in [0.2, 0.25) is 0 Å². The highest BCUT2D eigenvalue weighted by Gasteiger charge is 2.02. The van der Waals surface area contributed by atoms with Crippen molar-refractivity contribution in [2.45, 2.75) is 26.8 Å². The number of halogens is 1. The maximum Gasteiger partial charge on any atom is 0.0659 e. The summed E-state index contributed by atoms with van der Waals surface area (Å²) in [6.45, 7) is 5.24. The Morgan fingerprint density at radius 1 is 1.18 bits per heavy atom. The van der Waals surface area contributed by atoms with E-state index in [9.17, 15) is 0 Å². The summed E-state index contributed by atoms with van der Waals surface area (Å²) < 4.78 is 1.97. The van der Waals surface area contributed by atoms with E-state index in [2.05, 4.69) is 25.1 Å². The zero-order valence-electron chi connectivity index (χ0n) is 10.2. The summed E-state index contributed by atoms with van der Waals surface area (Å²) in [5.74, 6) is 0.670. The standard InChI is InChI=1S/C14H17ClN2/c1-11(2)7-13-8-16-17(10-13)9-12-3-5-14(15)6-4-12/h3-6,8,10-11H,7,9H2,1-2H3. The van der Waals surface area contributed by atoms with Crippen LogP contribution in [0.5, 0.6) is 0 Å². The van der Waals surface area contributed by atoms with Crippen molar-refractivity contribution in [1.82, 2.24) is 9.78 Å². The molecule has 0 aliphatic heterocycles. The van der Waals surface area contributed by atoms with Crippen LogP contribution in [0.25, 0.3) is 0 Å². The van der Waals surface area contributed by atoms with Crippen molar-refractivity contribution in [3.05, 3.63) is 52.8 Å². The van der Waals surface area contributed by atoms with Gasteiger partial charge in [0.15, 0.2) is 0 Å². The molecule has 0 saturated heterocycles. The van der Waals surface area contributed by atoms with E-state index in [1.54, 1.807) is 0 Å². The quantitative estimate of drug-likeness (QED) is 0.805. The van der Waals surface area contributed by atoms with Gasteiger partial charge < -0.3 is 0 Å². The van der Waals surface area contributed by atoms with E-state index < -0.39 is 0 Å². The molecule has 0 unspecified atom stereocenters. The summed E-state index contributed by atoms with van der Waals surface area (Å²) in [5.41, 5.74) is 2.52. The van der Waals surface area contributed by atoms with Crippen LogP contribution in [0, 0.1) is 5.92 Å². The average molecular weight is 249 g/mol. The van der Waals surface area contributed by atoms with E-state index >= 15 is 0 Å². The summed E-state index contributed by atoms with van der Waals surface area (Å²) in [5, 5.41) is 5.14. The largest absolute Gasteiger partial charge is 0.268 e. The van der Waals surface area contributed by atoms with Crippen LogP contribution in [0.1, 0.15) is 25.0 Å². The van der Waals surface area contributed by atoms with Gasteiger partial charge in [0, 0.05) is 11.2 Å². The van der Waals surface area contributed by atoms with Crippen LogP contribution in [-0.2, 0) is 13.0 Å². The molecule has 0 fully saturated rings. The molecule has 0 aliphatic rings. The van der Waals surface area contributed by atoms with Gasteiger partial charge in [0.1, 0.15) is 0 Å². The first kappa shape index (κ1) is 12.2. The molecule has 0 atom stereocenters. The predicted molar refractivity (Wildman–Crippen MR) is 71.3 cm³/mol. The monoisotopic (exact) mass is 248 g/mol. The van der Waals surface area contributed by atoms with Crippen LogP contribution < -0.4 is 0 Å². The zero-order valence-corrected chi connectivity index (χ0v) is 11.0. The molecule has 90 valence electrons. The third-order valence-electron chi connectivity index (χ3n) is 2.59. The molecule has 0 spiro atoms. The van der Waals surface area contributed by atoms with Gasteiger partial charge in [-0.1, -0.05) is 37.6 Å². The van der Waals surface area contributed by atoms with Crippen molar-refractivity contribution in [2.75, 3.05) is 0 Å². The third kappa shape index (κ3) is 3.60. The molecular weight excluding hydrogens is 232 g/mol. The Kier molecular flexibility index (Phi) is 3.85. The predicted octanol–water partition coefficient (Wildman–Crippen LogP) is 3.78. The van der Waals surface area contributed by atoms with Crippen molar-refractivity contribution < 1.29 is 0 Å². The lowest BCUT2D eigenvalue weighted by Crippen LogP contribution is -1.99. The molecule has 1 aromatic heterocycles. The van der Waals surface area contributed by atoms with Gasteiger partial charge in [-0.05, 0) is 35.6 Å². The molecule has 0 saturated carbocycles. The lowest BCUT2D eigenvalue weighted by Gasteiger charge is -2.02. The van der Waals surface area contributed by atoms with E-state index in [0.717, 1.165) is 18.0 Å². The zero-order chi connectivity index (χ0) is 12.3. The van der Waals surface area contributed by atoms with E-state index in [1.807, 2.05) is 35.1 Å². The van der Waals surface area contributed by atoms with Crippen LogP contribution in [0.2, 0.25) is 5.02 Å². The molecular formula is C14H17ClN2. The minimum absolute atomic E-state index is 0.670. The molecule has 2 aromatic rings. The van der Waals surface area contributed by atoms with Crippen LogP contribution in [0.4, 0.5) is 0 Å². The molecule has 0 aliphatic carbocycles. The van der Waals surface area contributed by atoms with Crippen molar-refractivity contribution in [2.24, 2.45) is 5.92 Å². The number of aromatic nitrogens is 2. The summed E-state index contributed by atoms with van der Waals surface area (Å²) in [6, 6.07) is 7.89. The number of nitrogens with zero attached hydrogens (tertiary/aromatic N) is 2. The minimum atomic E-state index is 0.670. The highest BCUT2D eigenvalue weighted by Crippen LogP contribution is 2.12. The molecule has 3 heteroatoms. The van der Waals surface area contributed by atoms with Gasteiger partial charge in [0.05, 0.1) is 12.7 Å². The topological polar surface area (TPSA) is 17.8 Å². The van der Waals surface area contributed by atoms with Gasteiger partial charge >= 0.3 is 0 Å². The molecule has 2 rings (SSSR count). The minimum Gasteiger partial charge on any atom is -0.268 e. The van der Waals surface area contributed by atoms with Crippen LogP contribution in [0.3, 0.4) is 0 Å². The number of rotatable bonds is 4. The van der Waals surface area contributed by atoms with Gasteiger partial charge in [-0.15, -0.1) is 0 Å². The smallest absolute Gasteiger partial charge is 0.0659 e. The average Bonchev–Trinajstić information content (AvgIpc) is 2.68. The Bertz CT molecular complexity index is 471. The highest BCUT2D eigenvalue weighted by atomic mass is 35.5. The Hall–Kier alpha value is -1.28. The Labute approximate surface area is 107 Å². The van der Waals surface area contributed by atoms with E-state index in [0.29, 0.717) is 5.92 Å². The molecule has 1 heterocycles. The van der Waals surface area contributed by atoms with Crippen molar-refractivity contribution in [1.29, 1.82) is 0 Å². The Morgan fingerprint density at radius 3 is 2.53 bits per heavy atom. The molecule has 0 bridgehead atoms. The normalized spacial score (nSPS) is 11.1. The lowest BCUT2D eigenvalue weighted by atomic mass is 10.1. The number of hydrogen-bond donors (Lipinski definition) is 0. The fourth-order valence-corrected chi connectivity index (χ4v) is 1.97. The van der Waals surface area contributed by atoms with E-state index in [4.69, 9.17) is 11.6 Å². The lowest BCUT2D eigenvalue weighted by molar-refractivity contribution is 0.644. The molecule has 1 aromatic carbocycles. The van der Waals surface area contributed by atoms with Gasteiger partial charge in [-0.25, -0.2) is 0 Å². The van der Waals surface area contributed by atoms with Crippen molar-refractivity contribution in [3.8, 4) is 0 Å². The van der Waals surface area contributed by atoms with Gasteiger partial charge in [-0.2, -0.15) is 5.10 Å². The fraction of sp³-hybridized carbons (Fsp3) is 0.357. The SMILES string of the molecule is CC(C)Cc1cnn(Cc2ccc(Cl)cc2)c1. The Balaban J connectivity index is 2.03. The van der Waals surface area contributed by atoms with Gasteiger partial charge in [0.25, 0.3) is 0 Å². The molecule has 17 heavy (non-hydrogen) atoms. The molecule has 0 N–H and O–H groups in total. The summed E-state index contributed by atoms with van der Waals surface area (Å²) in [6.07, 6.45) is 5.16. The highest BCUT2D eigenvalue weighted by molar-refractivity contribution is 6.30. The maximum absolute atomic E-state index is 5.85. The van der Waals surface area contributed by atoms with Crippen LogP contribution >= 0.6 is 11.6 Å². The second-order valence-electron chi connectivity index (χ2n) is 4.77. The van der Waals surface area contributed by atoms with E-state index in [-0.39, 0.29) is 0 Å². The third-order valence-corrected chi connectivity index (χ3v) is 2.84. The maximum atomic E-state index is 5.85. The van der Waals surface area contributed by atoms with Crippen molar-refractivity contribution in [3.63, 3.8) is 0 Å². The van der Waals surface area contributed by atoms with Gasteiger partial charge in [-0.3, -0.25) is 4.68 Å². The van der Waals surface area contributed by atoms with Crippen LogP contribution in [0.15, 0.2) is 36.7 Å². The van der Waals surface area contributed by atoms with E-state index in [1.165, 1.54) is 11.1 Å². The first-order valence-corrected chi connectivity index (χ1v) is 6.27. The Morgan fingerprint density at radius 2 is 1.88 bits per heavy atom. The first-order chi connectivity index (χ1) is 8.13. The summed E-state index contributed by atoms with van der Waals surface area (Å²) in [4.78, 5) is 0. The number of hydrogen-bond acceptors (Lipinski definition) is 1. The first-order valence-electron chi connectivity index (χ1n) is 5.89. The fourth-order valence-electron chi connectivity index (χ4n) is 1.85. The second kappa shape index (κ2) is 5.37. The molecule has 2 nitrogen and oxygen atoms in total. The van der Waals surface area contributed by atoms with Crippen molar-refractivity contribution >= 4 is 11.6 Å².